The molecule has 3 amide bonds. The van der Waals surface area contributed by atoms with Gasteiger partial charge in [0.1, 0.15) is 6.54 Å². The van der Waals surface area contributed by atoms with Crippen molar-refractivity contribution in [2.24, 2.45) is 0 Å². The Labute approximate surface area is 161 Å². The highest BCUT2D eigenvalue weighted by Crippen LogP contribution is 2.22. The Kier molecular flexibility index (Phi) is 4.63. The lowest BCUT2D eigenvalue weighted by Crippen LogP contribution is -2.40. The molecule has 1 N–H and O–H groups in total. The first kappa shape index (κ1) is 17.5. The molecule has 1 aliphatic rings. The quantitative estimate of drug-likeness (QED) is 0.692. The van der Waals surface area contributed by atoms with Gasteiger partial charge in [0.2, 0.25) is 5.91 Å². The van der Waals surface area contributed by atoms with Gasteiger partial charge in [-0.25, -0.2) is 0 Å². The molecule has 7 heteroatoms. The molecule has 0 spiro atoms. The van der Waals surface area contributed by atoms with Crippen molar-refractivity contribution < 1.29 is 14.4 Å². The Morgan fingerprint density at radius 3 is 2.32 bits per heavy atom. The van der Waals surface area contributed by atoms with E-state index in [-0.39, 0.29) is 13.1 Å². The predicted octanol–water partition coefficient (Wildman–Crippen LogP) is 2.06. The molecule has 0 unspecified atom stereocenters. The van der Waals surface area contributed by atoms with Gasteiger partial charge in [0, 0.05) is 30.7 Å². The van der Waals surface area contributed by atoms with Crippen LogP contribution in [0.3, 0.4) is 0 Å². The average molecular weight is 372 g/mol. The number of nitrogens with zero attached hydrogens (tertiary/aromatic N) is 3. The van der Waals surface area contributed by atoms with Gasteiger partial charge in [-0.15, -0.1) is 0 Å². The molecule has 2 aromatic heterocycles. The van der Waals surface area contributed by atoms with Gasteiger partial charge in [0.25, 0.3) is 11.8 Å². The Balaban J connectivity index is 1.44. The zero-order chi connectivity index (χ0) is 19.5. The summed E-state index contributed by atoms with van der Waals surface area (Å²) in [5.74, 6) is -1.32. The van der Waals surface area contributed by atoms with Crippen LogP contribution in [0.15, 0.2) is 67.1 Å². The minimum absolute atomic E-state index is 0.222. The molecule has 138 valence electrons. The molecule has 0 fully saturated rings. The minimum Gasteiger partial charge on any atom is -0.350 e. The lowest BCUT2D eigenvalue weighted by atomic mass is 10.1. The molecule has 1 aliphatic heterocycles. The third kappa shape index (κ3) is 3.25. The van der Waals surface area contributed by atoms with Crippen LogP contribution >= 0.6 is 0 Å². The maximum absolute atomic E-state index is 12.4. The number of benzene rings is 1. The SMILES string of the molecule is O=C(CN1C(=O)c2ccccc2C1=O)NCc1cccnc1-c1cccnc1. The number of carbonyl (C=O) groups is 3. The molecule has 0 atom stereocenters. The third-order valence-electron chi connectivity index (χ3n) is 4.48. The lowest BCUT2D eigenvalue weighted by molar-refractivity contribution is -0.121. The van der Waals surface area contributed by atoms with Gasteiger partial charge < -0.3 is 5.32 Å². The number of pyridine rings is 2. The van der Waals surface area contributed by atoms with E-state index >= 15 is 0 Å². The van der Waals surface area contributed by atoms with E-state index in [9.17, 15) is 14.4 Å². The van der Waals surface area contributed by atoms with Gasteiger partial charge in [-0.05, 0) is 35.9 Å². The van der Waals surface area contributed by atoms with E-state index in [0.29, 0.717) is 11.1 Å². The number of nitrogens with one attached hydrogen (secondary N) is 1. The second-order valence-electron chi connectivity index (χ2n) is 6.27. The molecule has 3 heterocycles. The number of fused-ring (bicyclic) bond motifs is 1. The summed E-state index contributed by atoms with van der Waals surface area (Å²) >= 11 is 0. The fraction of sp³-hybridized carbons (Fsp3) is 0.0952. The van der Waals surface area contributed by atoms with E-state index in [1.54, 1.807) is 48.9 Å². The normalized spacial score (nSPS) is 12.8. The molecule has 3 aromatic rings. The fourth-order valence-electron chi connectivity index (χ4n) is 3.12. The summed E-state index contributed by atoms with van der Waals surface area (Å²) in [5, 5.41) is 2.76. The van der Waals surface area contributed by atoms with E-state index in [4.69, 9.17) is 0 Å². The van der Waals surface area contributed by atoms with Gasteiger partial charge >= 0.3 is 0 Å². The highest BCUT2D eigenvalue weighted by molar-refractivity contribution is 6.22. The Morgan fingerprint density at radius 1 is 0.929 bits per heavy atom. The standard InChI is InChI=1S/C21H16N4O3/c26-18(13-25-20(27)16-7-1-2-8-17(16)21(25)28)24-12-15-6-4-10-23-19(15)14-5-3-9-22-11-14/h1-11H,12-13H2,(H,24,26). The van der Waals surface area contributed by atoms with Crippen molar-refractivity contribution in [3.63, 3.8) is 0 Å². The summed E-state index contributed by atoms with van der Waals surface area (Å²) < 4.78 is 0. The molecule has 0 aliphatic carbocycles. The minimum atomic E-state index is -0.451. The maximum atomic E-state index is 12.4. The van der Waals surface area contributed by atoms with E-state index < -0.39 is 17.7 Å². The van der Waals surface area contributed by atoms with Crippen LogP contribution in [-0.4, -0.2) is 39.1 Å². The van der Waals surface area contributed by atoms with E-state index in [1.165, 1.54) is 0 Å². The van der Waals surface area contributed by atoms with Crippen molar-refractivity contribution in [2.45, 2.75) is 6.54 Å². The lowest BCUT2D eigenvalue weighted by Gasteiger charge is -2.14. The number of amides is 3. The smallest absolute Gasteiger partial charge is 0.262 e. The van der Waals surface area contributed by atoms with Crippen molar-refractivity contribution >= 4 is 17.7 Å². The summed E-state index contributed by atoms with van der Waals surface area (Å²) in [6.45, 7) is -0.102. The zero-order valence-electron chi connectivity index (χ0n) is 14.8. The van der Waals surface area contributed by atoms with E-state index in [0.717, 1.165) is 21.7 Å². The number of hydrogen-bond donors (Lipinski definition) is 1. The number of aromatic nitrogens is 2. The van der Waals surface area contributed by atoms with E-state index in [1.807, 2.05) is 18.2 Å². The Morgan fingerprint density at radius 2 is 1.64 bits per heavy atom. The summed E-state index contributed by atoms with van der Waals surface area (Å²) in [6, 6.07) is 13.9. The van der Waals surface area contributed by atoms with Gasteiger partial charge in [-0.1, -0.05) is 18.2 Å². The highest BCUT2D eigenvalue weighted by atomic mass is 16.2. The predicted molar refractivity (Wildman–Crippen MR) is 101 cm³/mol. The molecule has 0 bridgehead atoms. The van der Waals surface area contributed by atoms with Crippen LogP contribution in [0.1, 0.15) is 26.3 Å². The van der Waals surface area contributed by atoms with Crippen molar-refractivity contribution in [1.29, 1.82) is 0 Å². The topological polar surface area (TPSA) is 92.3 Å². The fourth-order valence-corrected chi connectivity index (χ4v) is 3.12. The monoisotopic (exact) mass is 372 g/mol. The number of hydrogen-bond acceptors (Lipinski definition) is 5. The molecular weight excluding hydrogens is 356 g/mol. The molecule has 0 saturated heterocycles. The molecular formula is C21H16N4O3. The first-order valence-electron chi connectivity index (χ1n) is 8.71. The summed E-state index contributed by atoms with van der Waals surface area (Å²) in [6.07, 6.45) is 5.05. The third-order valence-corrected chi connectivity index (χ3v) is 4.48. The van der Waals surface area contributed by atoms with Gasteiger partial charge in [0.05, 0.1) is 16.8 Å². The van der Waals surface area contributed by atoms with Crippen molar-refractivity contribution in [2.75, 3.05) is 6.54 Å². The molecule has 28 heavy (non-hydrogen) atoms. The van der Waals surface area contributed by atoms with Crippen molar-refractivity contribution in [3.05, 3.63) is 83.8 Å². The van der Waals surface area contributed by atoms with E-state index in [2.05, 4.69) is 15.3 Å². The number of rotatable bonds is 5. The zero-order valence-corrected chi connectivity index (χ0v) is 14.8. The summed E-state index contributed by atoms with van der Waals surface area (Å²) in [4.78, 5) is 46.5. The molecule has 4 rings (SSSR count). The van der Waals surface area contributed by atoms with Crippen LogP contribution in [-0.2, 0) is 11.3 Å². The van der Waals surface area contributed by atoms with Crippen LogP contribution in [0.5, 0.6) is 0 Å². The van der Waals surface area contributed by atoms with Crippen LogP contribution < -0.4 is 5.32 Å². The van der Waals surface area contributed by atoms with Crippen LogP contribution in [0.25, 0.3) is 11.3 Å². The van der Waals surface area contributed by atoms with Crippen molar-refractivity contribution in [3.8, 4) is 11.3 Å². The molecule has 1 aromatic carbocycles. The van der Waals surface area contributed by atoms with Gasteiger partial charge in [-0.3, -0.25) is 29.3 Å². The Bertz CT molecular complexity index is 1030. The second-order valence-corrected chi connectivity index (χ2v) is 6.27. The van der Waals surface area contributed by atoms with Crippen LogP contribution in [0.4, 0.5) is 0 Å². The van der Waals surface area contributed by atoms with Crippen LogP contribution in [0, 0.1) is 0 Å². The maximum Gasteiger partial charge on any atom is 0.262 e. The molecule has 0 radical (unpaired) electrons. The molecule has 0 saturated carbocycles. The average Bonchev–Trinajstić information content (AvgIpc) is 2.98. The highest BCUT2D eigenvalue weighted by Gasteiger charge is 2.36. The second kappa shape index (κ2) is 7.40. The van der Waals surface area contributed by atoms with Crippen molar-refractivity contribution in [1.82, 2.24) is 20.2 Å². The summed E-state index contributed by atoms with van der Waals surface area (Å²) in [5.41, 5.74) is 3.02. The van der Waals surface area contributed by atoms with Gasteiger partial charge in [0.15, 0.2) is 0 Å². The first-order chi connectivity index (χ1) is 13.6. The molecule has 7 nitrogen and oxygen atoms in total. The number of imide groups is 1. The number of carbonyl (C=O) groups excluding carboxylic acids is 3. The summed E-state index contributed by atoms with van der Waals surface area (Å²) in [7, 11) is 0. The largest absolute Gasteiger partial charge is 0.350 e. The first-order valence-corrected chi connectivity index (χ1v) is 8.71. The Hall–Kier alpha value is -3.87. The van der Waals surface area contributed by atoms with Crippen LogP contribution in [0.2, 0.25) is 0 Å². The van der Waals surface area contributed by atoms with Gasteiger partial charge in [-0.2, -0.15) is 0 Å².